The first-order valence-electron chi connectivity index (χ1n) is 8.38. The molecule has 27 heavy (non-hydrogen) atoms. The summed E-state index contributed by atoms with van der Waals surface area (Å²) in [4.78, 5) is 4.20. The first kappa shape index (κ1) is 20.9. The van der Waals surface area contributed by atoms with Crippen LogP contribution in [-0.2, 0) is 13.0 Å². The molecule has 7 nitrogen and oxygen atoms in total. The Kier molecular flexibility index (Phi) is 7.83. The van der Waals surface area contributed by atoms with E-state index < -0.39 is 0 Å². The maximum absolute atomic E-state index is 9.94. The van der Waals surface area contributed by atoms with E-state index in [0.717, 1.165) is 29.0 Å². The molecule has 0 fully saturated rings. The van der Waals surface area contributed by atoms with Gasteiger partial charge in [-0.2, -0.15) is 0 Å². The van der Waals surface area contributed by atoms with Gasteiger partial charge in [-0.05, 0) is 42.3 Å². The number of methoxy groups -OCH3 is 1. The van der Waals surface area contributed by atoms with Crippen molar-refractivity contribution in [3.05, 3.63) is 47.5 Å². The van der Waals surface area contributed by atoms with Crippen LogP contribution in [0, 0.1) is 0 Å². The summed E-state index contributed by atoms with van der Waals surface area (Å²) in [5.74, 6) is 3.16. The van der Waals surface area contributed by atoms with E-state index in [9.17, 15) is 5.11 Å². The third-order valence-electron chi connectivity index (χ3n) is 4.10. The van der Waals surface area contributed by atoms with E-state index in [1.807, 2.05) is 18.2 Å². The van der Waals surface area contributed by atoms with Crippen LogP contribution in [0.2, 0.25) is 0 Å². The van der Waals surface area contributed by atoms with Gasteiger partial charge in [-0.15, -0.1) is 24.0 Å². The van der Waals surface area contributed by atoms with Gasteiger partial charge in [0.1, 0.15) is 11.5 Å². The number of phenols is 1. The average molecular weight is 485 g/mol. The highest BCUT2D eigenvalue weighted by atomic mass is 127. The fourth-order valence-corrected chi connectivity index (χ4v) is 2.65. The number of phenolic OH excluding ortho intramolecular Hbond substituents is 1. The number of nitrogens with zero attached hydrogens (tertiary/aromatic N) is 1. The lowest BCUT2D eigenvalue weighted by Crippen LogP contribution is -2.37. The number of aliphatic imine (C=N–C) groups is 1. The van der Waals surface area contributed by atoms with E-state index in [2.05, 4.69) is 15.6 Å². The molecule has 0 amide bonds. The van der Waals surface area contributed by atoms with E-state index in [1.165, 1.54) is 0 Å². The molecule has 0 unspecified atom stereocenters. The lowest BCUT2D eigenvalue weighted by Gasteiger charge is -2.13. The Bertz CT molecular complexity index is 799. The fourth-order valence-electron chi connectivity index (χ4n) is 2.65. The second kappa shape index (κ2) is 10.1. The minimum Gasteiger partial charge on any atom is -0.508 e. The number of ether oxygens (including phenoxy) is 3. The van der Waals surface area contributed by atoms with Crippen LogP contribution in [0.1, 0.15) is 11.1 Å². The number of guanidine groups is 1. The van der Waals surface area contributed by atoms with Crippen molar-refractivity contribution in [3.8, 4) is 23.0 Å². The molecule has 0 aromatic heterocycles. The van der Waals surface area contributed by atoms with Crippen LogP contribution in [0.3, 0.4) is 0 Å². The number of hydrogen-bond acceptors (Lipinski definition) is 5. The predicted octanol–water partition coefficient (Wildman–Crippen LogP) is 2.66. The lowest BCUT2D eigenvalue weighted by molar-refractivity contribution is 0.174. The summed E-state index contributed by atoms with van der Waals surface area (Å²) < 4.78 is 15.9. The molecule has 1 aliphatic heterocycles. The van der Waals surface area contributed by atoms with E-state index in [1.54, 1.807) is 32.4 Å². The summed E-state index contributed by atoms with van der Waals surface area (Å²) in [6.45, 7) is 1.43. The van der Waals surface area contributed by atoms with Gasteiger partial charge in [0.2, 0.25) is 6.79 Å². The molecule has 146 valence electrons. The van der Waals surface area contributed by atoms with Crippen LogP contribution in [0.4, 0.5) is 0 Å². The van der Waals surface area contributed by atoms with Gasteiger partial charge in [-0.1, -0.05) is 6.07 Å². The topological polar surface area (TPSA) is 84.3 Å². The normalized spacial score (nSPS) is 12.3. The van der Waals surface area contributed by atoms with Crippen molar-refractivity contribution in [3.63, 3.8) is 0 Å². The number of nitrogens with one attached hydrogen (secondary N) is 2. The van der Waals surface area contributed by atoms with E-state index >= 15 is 0 Å². The molecular formula is C19H24IN3O4. The van der Waals surface area contributed by atoms with Gasteiger partial charge in [0.25, 0.3) is 0 Å². The summed E-state index contributed by atoms with van der Waals surface area (Å²) in [7, 11) is 3.31. The number of aromatic hydroxyl groups is 1. The van der Waals surface area contributed by atoms with Crippen LogP contribution in [0.15, 0.2) is 41.4 Å². The summed E-state index contributed by atoms with van der Waals surface area (Å²) in [5, 5.41) is 16.4. The molecule has 1 heterocycles. The lowest BCUT2D eigenvalue weighted by atomic mass is 10.1. The molecule has 3 rings (SSSR count). The Balaban J connectivity index is 0.00000261. The Morgan fingerprint density at radius 3 is 2.74 bits per heavy atom. The van der Waals surface area contributed by atoms with Gasteiger partial charge >= 0.3 is 0 Å². The zero-order chi connectivity index (χ0) is 18.4. The summed E-state index contributed by atoms with van der Waals surface area (Å²) in [6, 6.07) is 11.1. The van der Waals surface area contributed by atoms with Gasteiger partial charge in [0.05, 0.1) is 7.11 Å². The predicted molar refractivity (Wildman–Crippen MR) is 115 cm³/mol. The first-order chi connectivity index (χ1) is 12.7. The summed E-state index contributed by atoms with van der Waals surface area (Å²) in [5.41, 5.74) is 1.89. The standard InChI is InChI=1S/C19H23N3O4.HI/c1-20-19(22-11-14-10-15(24-2)4-5-16(14)23)21-8-7-13-3-6-17-18(9-13)26-12-25-17;/h3-6,9-10,23H,7-8,11-12H2,1-2H3,(H2,20,21,22);1H. The molecule has 8 heteroatoms. The molecule has 0 bridgehead atoms. The molecule has 2 aromatic rings. The number of halogens is 1. The Labute approximate surface area is 175 Å². The van der Waals surface area contributed by atoms with Crippen LogP contribution >= 0.6 is 24.0 Å². The minimum absolute atomic E-state index is 0. The highest BCUT2D eigenvalue weighted by molar-refractivity contribution is 14.0. The summed E-state index contributed by atoms with van der Waals surface area (Å²) >= 11 is 0. The van der Waals surface area contributed by atoms with E-state index in [4.69, 9.17) is 14.2 Å². The second-order valence-corrected chi connectivity index (χ2v) is 5.78. The third kappa shape index (κ3) is 5.56. The Morgan fingerprint density at radius 2 is 1.96 bits per heavy atom. The highest BCUT2D eigenvalue weighted by Gasteiger charge is 2.13. The molecule has 0 aliphatic carbocycles. The molecular weight excluding hydrogens is 461 g/mol. The first-order valence-corrected chi connectivity index (χ1v) is 8.38. The number of hydrogen-bond donors (Lipinski definition) is 3. The second-order valence-electron chi connectivity index (χ2n) is 5.78. The average Bonchev–Trinajstić information content (AvgIpc) is 3.13. The van der Waals surface area contributed by atoms with Crippen molar-refractivity contribution in [2.75, 3.05) is 27.5 Å². The molecule has 3 N–H and O–H groups in total. The van der Waals surface area contributed by atoms with Crippen LogP contribution in [0.5, 0.6) is 23.0 Å². The van der Waals surface area contributed by atoms with Crippen molar-refractivity contribution >= 4 is 29.9 Å². The number of fused-ring (bicyclic) bond motifs is 1. The molecule has 0 saturated heterocycles. The van der Waals surface area contributed by atoms with Gasteiger partial charge in [0, 0.05) is 25.7 Å². The minimum atomic E-state index is 0. The third-order valence-corrected chi connectivity index (χ3v) is 4.10. The largest absolute Gasteiger partial charge is 0.508 e. The fraction of sp³-hybridized carbons (Fsp3) is 0.316. The molecule has 0 atom stereocenters. The van der Waals surface area contributed by atoms with Gasteiger partial charge < -0.3 is 30.0 Å². The maximum Gasteiger partial charge on any atom is 0.231 e. The number of rotatable bonds is 6. The molecule has 0 spiro atoms. The SMILES string of the molecule is CN=C(NCCc1ccc2c(c1)OCO2)NCc1cc(OC)ccc1O.I. The van der Waals surface area contributed by atoms with E-state index in [0.29, 0.717) is 24.8 Å². The van der Waals surface area contributed by atoms with Crippen LogP contribution < -0.4 is 24.8 Å². The van der Waals surface area contributed by atoms with Gasteiger partial charge in [-0.25, -0.2) is 0 Å². The Morgan fingerprint density at radius 1 is 1.15 bits per heavy atom. The van der Waals surface area contributed by atoms with Crippen molar-refractivity contribution < 1.29 is 19.3 Å². The van der Waals surface area contributed by atoms with Crippen molar-refractivity contribution in [1.82, 2.24) is 10.6 Å². The molecule has 2 aromatic carbocycles. The van der Waals surface area contributed by atoms with Gasteiger partial charge in [0.15, 0.2) is 17.5 Å². The monoisotopic (exact) mass is 485 g/mol. The summed E-state index contributed by atoms with van der Waals surface area (Å²) in [6.07, 6.45) is 0.821. The van der Waals surface area contributed by atoms with Crippen molar-refractivity contribution in [2.24, 2.45) is 4.99 Å². The van der Waals surface area contributed by atoms with Gasteiger partial charge in [-0.3, -0.25) is 4.99 Å². The van der Waals surface area contributed by atoms with Crippen molar-refractivity contribution in [2.45, 2.75) is 13.0 Å². The Hall–Kier alpha value is -2.36. The molecule has 0 radical (unpaired) electrons. The van der Waals surface area contributed by atoms with Crippen molar-refractivity contribution in [1.29, 1.82) is 0 Å². The van der Waals surface area contributed by atoms with Crippen LogP contribution in [-0.4, -0.2) is 38.6 Å². The van der Waals surface area contributed by atoms with E-state index in [-0.39, 0.29) is 36.5 Å². The molecule has 1 aliphatic rings. The smallest absolute Gasteiger partial charge is 0.231 e. The highest BCUT2D eigenvalue weighted by Crippen LogP contribution is 2.32. The number of benzene rings is 2. The maximum atomic E-state index is 9.94. The zero-order valence-corrected chi connectivity index (χ0v) is 17.7. The zero-order valence-electron chi connectivity index (χ0n) is 15.3. The van der Waals surface area contributed by atoms with Crippen LogP contribution in [0.25, 0.3) is 0 Å². The molecule has 0 saturated carbocycles. The quantitative estimate of drug-likeness (QED) is 0.332.